The quantitative estimate of drug-likeness (QED) is 0.749. The molecule has 0 bridgehead atoms. The van der Waals surface area contributed by atoms with Crippen molar-refractivity contribution in [2.75, 3.05) is 19.6 Å². The summed E-state index contributed by atoms with van der Waals surface area (Å²) in [7, 11) is 0. The maximum atomic E-state index is 3.68. The van der Waals surface area contributed by atoms with Crippen LogP contribution in [0.5, 0.6) is 0 Å². The largest absolute Gasteiger partial charge is 0.313 e. The molecule has 1 aliphatic rings. The third kappa shape index (κ3) is 4.06. The molecule has 0 aliphatic carbocycles. The van der Waals surface area contributed by atoms with Crippen LogP contribution >= 0.6 is 0 Å². The minimum atomic E-state index is 0.737. The van der Waals surface area contributed by atoms with Crippen LogP contribution in [0.4, 0.5) is 0 Å². The zero-order chi connectivity index (χ0) is 12.0. The molecule has 1 aliphatic heterocycles. The lowest BCUT2D eigenvalue weighted by Gasteiger charge is -2.40. The molecule has 1 N–H and O–H groups in total. The van der Waals surface area contributed by atoms with Gasteiger partial charge in [-0.25, -0.2) is 0 Å². The van der Waals surface area contributed by atoms with Gasteiger partial charge in [-0.2, -0.15) is 0 Å². The molecular formula is C14H30N2. The number of hydrogen-bond donors (Lipinski definition) is 1. The maximum absolute atomic E-state index is 3.68. The van der Waals surface area contributed by atoms with E-state index in [1.807, 2.05) is 0 Å². The van der Waals surface area contributed by atoms with E-state index >= 15 is 0 Å². The molecule has 96 valence electrons. The van der Waals surface area contributed by atoms with Gasteiger partial charge in [0, 0.05) is 18.6 Å². The van der Waals surface area contributed by atoms with E-state index in [0.29, 0.717) is 0 Å². The molecule has 16 heavy (non-hydrogen) atoms. The maximum Gasteiger partial charge on any atom is 0.0195 e. The number of piperidine rings is 1. The Labute approximate surface area is 102 Å². The molecule has 0 aromatic rings. The van der Waals surface area contributed by atoms with E-state index in [1.165, 1.54) is 45.3 Å². The van der Waals surface area contributed by atoms with Gasteiger partial charge in [-0.15, -0.1) is 0 Å². The molecule has 1 rings (SSSR count). The van der Waals surface area contributed by atoms with Gasteiger partial charge in [0.15, 0.2) is 0 Å². The fourth-order valence-electron chi connectivity index (χ4n) is 2.97. The third-order valence-electron chi connectivity index (χ3n) is 3.79. The summed E-state index contributed by atoms with van der Waals surface area (Å²) in [5, 5.41) is 3.68. The average molecular weight is 226 g/mol. The van der Waals surface area contributed by atoms with E-state index in [0.717, 1.165) is 18.0 Å². The molecule has 1 heterocycles. The van der Waals surface area contributed by atoms with Crippen LogP contribution < -0.4 is 5.32 Å². The SMILES string of the molecule is CCCNC1CCCN(C(CC)C(C)C)C1. The smallest absolute Gasteiger partial charge is 0.0195 e. The first-order valence-corrected chi connectivity index (χ1v) is 7.16. The molecular weight excluding hydrogens is 196 g/mol. The number of nitrogens with one attached hydrogen (secondary N) is 1. The first-order valence-electron chi connectivity index (χ1n) is 7.16. The Balaban J connectivity index is 2.42. The van der Waals surface area contributed by atoms with Crippen LogP contribution in [0.1, 0.15) is 53.4 Å². The van der Waals surface area contributed by atoms with Gasteiger partial charge in [-0.3, -0.25) is 4.90 Å². The Kier molecular flexibility index (Phi) is 6.37. The fourth-order valence-corrected chi connectivity index (χ4v) is 2.97. The Morgan fingerprint density at radius 2 is 2.06 bits per heavy atom. The molecule has 1 saturated heterocycles. The van der Waals surface area contributed by atoms with Crippen molar-refractivity contribution >= 4 is 0 Å². The van der Waals surface area contributed by atoms with Gasteiger partial charge in [-0.05, 0) is 44.7 Å². The molecule has 0 saturated carbocycles. The summed E-state index contributed by atoms with van der Waals surface area (Å²) in [6.07, 6.45) is 5.27. The summed E-state index contributed by atoms with van der Waals surface area (Å²) in [5.41, 5.74) is 0. The van der Waals surface area contributed by atoms with Crippen LogP contribution in [-0.2, 0) is 0 Å². The van der Waals surface area contributed by atoms with E-state index in [-0.39, 0.29) is 0 Å². The van der Waals surface area contributed by atoms with Crippen LogP contribution in [0.25, 0.3) is 0 Å². The average Bonchev–Trinajstić information content (AvgIpc) is 2.27. The fraction of sp³-hybridized carbons (Fsp3) is 1.00. The third-order valence-corrected chi connectivity index (χ3v) is 3.79. The van der Waals surface area contributed by atoms with Crippen molar-refractivity contribution in [2.24, 2.45) is 5.92 Å². The lowest BCUT2D eigenvalue weighted by molar-refractivity contribution is 0.105. The minimum absolute atomic E-state index is 0.737. The Morgan fingerprint density at radius 3 is 2.62 bits per heavy atom. The standard InChI is InChI=1S/C14H30N2/c1-5-9-15-13-8-7-10-16(11-13)14(6-2)12(3)4/h12-15H,5-11H2,1-4H3. The normalized spacial score (nSPS) is 24.9. The number of rotatable bonds is 6. The predicted molar refractivity (Wildman–Crippen MR) is 71.8 cm³/mol. The highest BCUT2D eigenvalue weighted by atomic mass is 15.2. The summed E-state index contributed by atoms with van der Waals surface area (Å²) < 4.78 is 0. The topological polar surface area (TPSA) is 15.3 Å². The van der Waals surface area contributed by atoms with Gasteiger partial charge in [0.1, 0.15) is 0 Å². The van der Waals surface area contributed by atoms with Crippen molar-refractivity contribution in [3.05, 3.63) is 0 Å². The van der Waals surface area contributed by atoms with Crippen molar-refractivity contribution in [3.63, 3.8) is 0 Å². The van der Waals surface area contributed by atoms with Crippen molar-refractivity contribution in [1.82, 2.24) is 10.2 Å². The van der Waals surface area contributed by atoms with Crippen LogP contribution in [0.2, 0.25) is 0 Å². The van der Waals surface area contributed by atoms with Crippen molar-refractivity contribution in [2.45, 2.75) is 65.5 Å². The van der Waals surface area contributed by atoms with Gasteiger partial charge in [0.25, 0.3) is 0 Å². The van der Waals surface area contributed by atoms with Crippen molar-refractivity contribution < 1.29 is 0 Å². The Bertz CT molecular complexity index is 180. The van der Waals surface area contributed by atoms with E-state index in [2.05, 4.69) is 37.9 Å². The second kappa shape index (κ2) is 7.29. The van der Waals surface area contributed by atoms with Crippen LogP contribution in [0, 0.1) is 5.92 Å². The lowest BCUT2D eigenvalue weighted by atomic mass is 9.95. The van der Waals surface area contributed by atoms with Gasteiger partial charge in [0.05, 0.1) is 0 Å². The molecule has 2 unspecified atom stereocenters. The minimum Gasteiger partial charge on any atom is -0.313 e. The first kappa shape index (κ1) is 14.0. The predicted octanol–water partition coefficient (Wildman–Crippen LogP) is 2.89. The van der Waals surface area contributed by atoms with E-state index in [9.17, 15) is 0 Å². The summed E-state index contributed by atoms with van der Waals surface area (Å²) in [6, 6.07) is 1.52. The molecule has 0 aromatic carbocycles. The monoisotopic (exact) mass is 226 g/mol. The highest BCUT2D eigenvalue weighted by molar-refractivity contribution is 4.83. The van der Waals surface area contributed by atoms with E-state index in [1.54, 1.807) is 0 Å². The lowest BCUT2D eigenvalue weighted by Crippen LogP contribution is -2.51. The highest BCUT2D eigenvalue weighted by Crippen LogP contribution is 2.20. The molecule has 0 spiro atoms. The summed E-state index contributed by atoms with van der Waals surface area (Å²) >= 11 is 0. The second-order valence-electron chi connectivity index (χ2n) is 5.51. The molecule has 2 heteroatoms. The van der Waals surface area contributed by atoms with Crippen molar-refractivity contribution in [1.29, 1.82) is 0 Å². The highest BCUT2D eigenvalue weighted by Gasteiger charge is 2.25. The molecule has 2 atom stereocenters. The Hall–Kier alpha value is -0.0800. The summed E-state index contributed by atoms with van der Waals surface area (Å²) in [4.78, 5) is 2.71. The van der Waals surface area contributed by atoms with Crippen molar-refractivity contribution in [3.8, 4) is 0 Å². The zero-order valence-electron chi connectivity index (χ0n) is 11.6. The molecule has 0 aromatic heterocycles. The number of hydrogen-bond acceptors (Lipinski definition) is 2. The first-order chi connectivity index (χ1) is 7.69. The molecule has 0 amide bonds. The van der Waals surface area contributed by atoms with Gasteiger partial charge in [-0.1, -0.05) is 27.7 Å². The number of nitrogens with zero attached hydrogens (tertiary/aromatic N) is 1. The second-order valence-corrected chi connectivity index (χ2v) is 5.51. The van der Waals surface area contributed by atoms with Gasteiger partial charge in [0.2, 0.25) is 0 Å². The molecule has 2 nitrogen and oxygen atoms in total. The van der Waals surface area contributed by atoms with Crippen LogP contribution in [0.3, 0.4) is 0 Å². The number of likely N-dealkylation sites (tertiary alicyclic amines) is 1. The summed E-state index contributed by atoms with van der Waals surface area (Å²) in [5.74, 6) is 0.787. The van der Waals surface area contributed by atoms with Gasteiger partial charge >= 0.3 is 0 Å². The molecule has 1 fully saturated rings. The zero-order valence-corrected chi connectivity index (χ0v) is 11.6. The molecule has 0 radical (unpaired) electrons. The van der Waals surface area contributed by atoms with E-state index < -0.39 is 0 Å². The van der Waals surface area contributed by atoms with Crippen LogP contribution in [0.15, 0.2) is 0 Å². The van der Waals surface area contributed by atoms with Gasteiger partial charge < -0.3 is 5.32 Å². The van der Waals surface area contributed by atoms with E-state index in [4.69, 9.17) is 0 Å². The summed E-state index contributed by atoms with van der Waals surface area (Å²) in [6.45, 7) is 13.0. The van der Waals surface area contributed by atoms with Crippen LogP contribution in [-0.4, -0.2) is 36.6 Å². The Morgan fingerprint density at radius 1 is 1.31 bits per heavy atom.